The van der Waals surface area contributed by atoms with Crippen molar-refractivity contribution in [2.45, 2.75) is 0 Å². The van der Waals surface area contributed by atoms with Crippen LogP contribution < -0.4 is 5.32 Å². The third kappa shape index (κ3) is 3.00. The van der Waals surface area contributed by atoms with E-state index in [9.17, 15) is 9.59 Å². The molecule has 2 aromatic rings. The zero-order valence-electron chi connectivity index (χ0n) is 10.3. The van der Waals surface area contributed by atoms with Gasteiger partial charge in [0.25, 0.3) is 5.91 Å². The highest BCUT2D eigenvalue weighted by Gasteiger charge is 2.08. The Hall–Kier alpha value is -3.13. The summed E-state index contributed by atoms with van der Waals surface area (Å²) in [5.41, 5.74) is 1.42. The average Bonchev–Trinajstić information content (AvgIpc) is 2.47. The number of rotatable bonds is 3. The molecule has 0 aromatic heterocycles. The van der Waals surface area contributed by atoms with Crippen LogP contribution in [-0.2, 0) is 0 Å². The Morgan fingerprint density at radius 3 is 2.30 bits per heavy atom. The number of nitrogens with one attached hydrogen (secondary N) is 1. The van der Waals surface area contributed by atoms with Crippen LogP contribution in [0.5, 0.6) is 0 Å². The summed E-state index contributed by atoms with van der Waals surface area (Å²) in [4.78, 5) is 22.7. The van der Waals surface area contributed by atoms with Crippen molar-refractivity contribution in [3.05, 3.63) is 65.2 Å². The van der Waals surface area contributed by atoms with E-state index in [1.54, 1.807) is 24.3 Å². The molecule has 0 unspecified atom stereocenters. The Balaban J connectivity index is 2.15. The topological polar surface area (TPSA) is 90.2 Å². The van der Waals surface area contributed by atoms with Gasteiger partial charge in [-0.15, -0.1) is 0 Å². The molecule has 2 aromatic carbocycles. The molecule has 0 saturated heterocycles. The molecule has 5 heteroatoms. The summed E-state index contributed by atoms with van der Waals surface area (Å²) in [6.07, 6.45) is 0. The van der Waals surface area contributed by atoms with Gasteiger partial charge < -0.3 is 10.4 Å². The fraction of sp³-hybridized carbons (Fsp3) is 0. The molecular weight excluding hydrogens is 256 g/mol. The number of aromatic carboxylic acids is 1. The highest BCUT2D eigenvalue weighted by Crippen LogP contribution is 2.12. The first-order chi connectivity index (χ1) is 9.60. The summed E-state index contributed by atoms with van der Waals surface area (Å²) in [6, 6.07) is 14.1. The van der Waals surface area contributed by atoms with Crippen LogP contribution in [0, 0.1) is 11.3 Å². The molecule has 20 heavy (non-hydrogen) atoms. The molecular formula is C15H10N2O3. The first-order valence-corrected chi connectivity index (χ1v) is 5.75. The van der Waals surface area contributed by atoms with Crippen LogP contribution in [-0.4, -0.2) is 17.0 Å². The highest BCUT2D eigenvalue weighted by molar-refractivity contribution is 6.04. The quantitative estimate of drug-likeness (QED) is 0.893. The van der Waals surface area contributed by atoms with Gasteiger partial charge in [0, 0.05) is 11.3 Å². The van der Waals surface area contributed by atoms with Gasteiger partial charge >= 0.3 is 5.97 Å². The minimum atomic E-state index is -1.04. The van der Waals surface area contributed by atoms with E-state index in [0.29, 0.717) is 16.8 Å². The third-order valence-corrected chi connectivity index (χ3v) is 2.64. The Bertz CT molecular complexity index is 700. The molecule has 0 radical (unpaired) electrons. The van der Waals surface area contributed by atoms with Crippen molar-refractivity contribution in [3.8, 4) is 6.07 Å². The van der Waals surface area contributed by atoms with Gasteiger partial charge in [-0.1, -0.05) is 6.07 Å². The first-order valence-electron chi connectivity index (χ1n) is 5.75. The number of anilines is 1. The van der Waals surface area contributed by atoms with Gasteiger partial charge in [-0.2, -0.15) is 5.26 Å². The number of carboxylic acid groups (broad SMARTS) is 1. The maximum Gasteiger partial charge on any atom is 0.335 e. The summed E-state index contributed by atoms with van der Waals surface area (Å²) >= 11 is 0. The SMILES string of the molecule is N#Cc1cccc(NC(=O)c2ccc(C(=O)O)cc2)c1. The average molecular weight is 266 g/mol. The summed E-state index contributed by atoms with van der Waals surface area (Å²) < 4.78 is 0. The van der Waals surface area contributed by atoms with Crippen LogP contribution in [0.1, 0.15) is 26.3 Å². The van der Waals surface area contributed by atoms with Crippen molar-refractivity contribution >= 4 is 17.6 Å². The number of carbonyl (C=O) groups is 2. The lowest BCUT2D eigenvalue weighted by molar-refractivity contribution is 0.0696. The number of nitriles is 1. The fourth-order valence-electron chi connectivity index (χ4n) is 1.63. The van der Waals surface area contributed by atoms with Crippen molar-refractivity contribution in [3.63, 3.8) is 0 Å². The van der Waals surface area contributed by atoms with Crippen molar-refractivity contribution in [1.29, 1.82) is 5.26 Å². The van der Waals surface area contributed by atoms with Crippen molar-refractivity contribution in [2.24, 2.45) is 0 Å². The van der Waals surface area contributed by atoms with Crippen LogP contribution >= 0.6 is 0 Å². The summed E-state index contributed by atoms with van der Waals surface area (Å²) in [7, 11) is 0. The van der Waals surface area contributed by atoms with E-state index in [-0.39, 0.29) is 11.5 Å². The number of hydrogen-bond acceptors (Lipinski definition) is 3. The normalized spacial score (nSPS) is 9.55. The molecule has 5 nitrogen and oxygen atoms in total. The van der Waals surface area contributed by atoms with Crippen LogP contribution in [0.2, 0.25) is 0 Å². The number of carbonyl (C=O) groups excluding carboxylic acids is 1. The molecule has 0 fully saturated rings. The number of nitrogens with zero attached hydrogens (tertiary/aromatic N) is 1. The predicted molar refractivity (Wildman–Crippen MR) is 72.5 cm³/mol. The number of amides is 1. The summed E-state index contributed by atoms with van der Waals surface area (Å²) in [5.74, 6) is -1.41. The molecule has 1 amide bonds. The second kappa shape index (κ2) is 5.67. The minimum Gasteiger partial charge on any atom is -0.478 e. The lowest BCUT2D eigenvalue weighted by Crippen LogP contribution is -2.12. The van der Waals surface area contributed by atoms with Crippen molar-refractivity contribution in [2.75, 3.05) is 5.32 Å². The second-order valence-corrected chi connectivity index (χ2v) is 4.03. The Morgan fingerprint density at radius 2 is 1.70 bits per heavy atom. The Labute approximate surface area is 115 Å². The third-order valence-electron chi connectivity index (χ3n) is 2.64. The zero-order valence-corrected chi connectivity index (χ0v) is 10.3. The van der Waals surface area contributed by atoms with Gasteiger partial charge in [-0.25, -0.2) is 4.79 Å². The first kappa shape index (κ1) is 13.3. The van der Waals surface area contributed by atoms with Crippen LogP contribution in [0.25, 0.3) is 0 Å². The maximum absolute atomic E-state index is 12.0. The Morgan fingerprint density at radius 1 is 1.05 bits per heavy atom. The molecule has 0 aliphatic carbocycles. The lowest BCUT2D eigenvalue weighted by atomic mass is 10.1. The van der Waals surface area contributed by atoms with E-state index in [2.05, 4.69) is 5.32 Å². The van der Waals surface area contributed by atoms with Gasteiger partial charge in [-0.3, -0.25) is 4.79 Å². The zero-order chi connectivity index (χ0) is 14.5. The molecule has 0 aliphatic rings. The molecule has 0 atom stereocenters. The second-order valence-electron chi connectivity index (χ2n) is 4.03. The monoisotopic (exact) mass is 266 g/mol. The fourth-order valence-corrected chi connectivity index (χ4v) is 1.63. The van der Waals surface area contributed by atoms with Crippen LogP contribution in [0.4, 0.5) is 5.69 Å². The largest absolute Gasteiger partial charge is 0.478 e. The highest BCUT2D eigenvalue weighted by atomic mass is 16.4. The molecule has 2 rings (SSSR count). The number of hydrogen-bond donors (Lipinski definition) is 2. The van der Waals surface area contributed by atoms with Crippen LogP contribution in [0.15, 0.2) is 48.5 Å². The summed E-state index contributed by atoms with van der Waals surface area (Å²) in [6.45, 7) is 0. The molecule has 98 valence electrons. The standard InChI is InChI=1S/C15H10N2O3/c16-9-10-2-1-3-13(8-10)17-14(18)11-4-6-12(7-5-11)15(19)20/h1-8H,(H,17,18)(H,19,20). The smallest absolute Gasteiger partial charge is 0.335 e. The van der Waals surface area contributed by atoms with E-state index < -0.39 is 5.97 Å². The van der Waals surface area contributed by atoms with Gasteiger partial charge in [0.2, 0.25) is 0 Å². The summed E-state index contributed by atoms with van der Waals surface area (Å²) in [5, 5.41) is 20.2. The van der Waals surface area contributed by atoms with Crippen molar-refractivity contribution < 1.29 is 14.7 Å². The number of carboxylic acids is 1. The molecule has 0 spiro atoms. The van der Waals surface area contributed by atoms with Gasteiger partial charge in [0.15, 0.2) is 0 Å². The van der Waals surface area contributed by atoms with Crippen molar-refractivity contribution in [1.82, 2.24) is 0 Å². The van der Waals surface area contributed by atoms with E-state index in [0.717, 1.165) is 0 Å². The lowest BCUT2D eigenvalue weighted by Gasteiger charge is -2.05. The molecule has 2 N–H and O–H groups in total. The van der Waals surface area contributed by atoms with Gasteiger partial charge in [0.1, 0.15) is 0 Å². The predicted octanol–water partition coefficient (Wildman–Crippen LogP) is 2.51. The minimum absolute atomic E-state index is 0.119. The van der Waals surface area contributed by atoms with E-state index in [1.807, 2.05) is 6.07 Å². The van der Waals surface area contributed by atoms with Crippen LogP contribution in [0.3, 0.4) is 0 Å². The molecule has 0 bridgehead atoms. The number of benzene rings is 2. The van der Waals surface area contributed by atoms with E-state index in [4.69, 9.17) is 10.4 Å². The van der Waals surface area contributed by atoms with E-state index in [1.165, 1.54) is 24.3 Å². The van der Waals surface area contributed by atoms with Gasteiger partial charge in [0.05, 0.1) is 17.2 Å². The van der Waals surface area contributed by atoms with Gasteiger partial charge in [-0.05, 0) is 42.5 Å². The Kier molecular flexibility index (Phi) is 3.77. The molecule has 0 aliphatic heterocycles. The maximum atomic E-state index is 12.0. The van der Waals surface area contributed by atoms with E-state index >= 15 is 0 Å². The molecule has 0 heterocycles. The molecule has 0 saturated carbocycles.